The van der Waals surface area contributed by atoms with Crippen LogP contribution in [0.2, 0.25) is 0 Å². The normalized spacial score (nSPS) is 16.0. The van der Waals surface area contributed by atoms with E-state index in [9.17, 15) is 14.4 Å². The maximum atomic E-state index is 12.2. The fourth-order valence-electron chi connectivity index (χ4n) is 2.18. The fourth-order valence-corrected chi connectivity index (χ4v) is 3.02. The SMILES string of the molecule is COC(=O)C1=C(C)/C(=C(/OC)[O][Tl])C(C(=O)OC)=C1C(=O)OC. The molecule has 23 heavy (non-hydrogen) atoms. The van der Waals surface area contributed by atoms with E-state index in [1.807, 2.05) is 0 Å². The summed E-state index contributed by atoms with van der Waals surface area (Å²) in [5, 5.41) is 0. The van der Waals surface area contributed by atoms with Gasteiger partial charge in [-0.3, -0.25) is 0 Å². The van der Waals surface area contributed by atoms with Crippen LogP contribution in [0.1, 0.15) is 6.92 Å². The number of methoxy groups -OCH3 is 4. The van der Waals surface area contributed by atoms with Gasteiger partial charge in [-0.2, -0.15) is 0 Å². The first kappa shape index (κ1) is 19.2. The quantitative estimate of drug-likeness (QED) is 0.220. The maximum absolute atomic E-state index is 12.2. The Hall–Kier alpha value is -1.85. The van der Waals surface area contributed by atoms with Crippen LogP contribution in [0.25, 0.3) is 0 Å². The predicted octanol–water partition coefficient (Wildman–Crippen LogP) is 0.0902. The van der Waals surface area contributed by atoms with Gasteiger partial charge in [0.1, 0.15) is 0 Å². The average Bonchev–Trinajstić information content (AvgIpc) is 2.87. The van der Waals surface area contributed by atoms with E-state index in [-0.39, 0.29) is 54.5 Å². The Morgan fingerprint density at radius 1 is 0.739 bits per heavy atom. The van der Waals surface area contributed by atoms with Crippen LogP contribution in [0.5, 0.6) is 0 Å². The van der Waals surface area contributed by atoms with E-state index in [0.29, 0.717) is 5.57 Å². The standard InChI is InChI=1S/C14H16O8.Tl/c1-6-7(11(15)19-2)9(13(17)21-4)10(14(18)22-5)8(6)12(16)20-3;/h15H,1-5H3;/q;+1/p-1/b11-7-;. The third kappa shape index (κ3) is 3.41. The van der Waals surface area contributed by atoms with Crippen LogP contribution in [-0.2, 0) is 36.0 Å². The van der Waals surface area contributed by atoms with Crippen molar-refractivity contribution in [3.8, 4) is 0 Å². The summed E-state index contributed by atoms with van der Waals surface area (Å²) in [6.07, 6.45) is 0. The fraction of sp³-hybridized carbons (Fsp3) is 0.357. The van der Waals surface area contributed by atoms with Gasteiger partial charge < -0.3 is 0 Å². The molecule has 0 bridgehead atoms. The Morgan fingerprint density at radius 3 is 1.57 bits per heavy atom. The van der Waals surface area contributed by atoms with Crippen molar-refractivity contribution < 1.29 is 36.0 Å². The van der Waals surface area contributed by atoms with Crippen molar-refractivity contribution in [3.05, 3.63) is 33.8 Å². The topological polar surface area (TPSA) is 97.4 Å². The zero-order valence-corrected chi connectivity index (χ0v) is 17.8. The molecule has 9 heteroatoms. The molecule has 1 aliphatic rings. The number of rotatable bonds is 5. The minimum absolute atomic E-state index is 0.0215. The molecule has 8 nitrogen and oxygen atoms in total. The van der Waals surface area contributed by atoms with Crippen LogP contribution < -0.4 is 0 Å². The molecule has 0 aromatic heterocycles. The van der Waals surface area contributed by atoms with E-state index in [1.165, 1.54) is 14.2 Å². The summed E-state index contributed by atoms with van der Waals surface area (Å²) in [7, 11) is 4.81. The van der Waals surface area contributed by atoms with Gasteiger partial charge in [-0.15, -0.1) is 0 Å². The van der Waals surface area contributed by atoms with Crippen LogP contribution in [0.4, 0.5) is 0 Å². The summed E-state index contributed by atoms with van der Waals surface area (Å²) in [5.41, 5.74) is -0.0193. The molecule has 0 aliphatic heterocycles. The molecule has 0 amide bonds. The Balaban J connectivity index is 3.89. The molecule has 1 aliphatic carbocycles. The van der Waals surface area contributed by atoms with Crippen LogP contribution >= 0.6 is 0 Å². The summed E-state index contributed by atoms with van der Waals surface area (Å²) in [6.45, 7) is 1.54. The number of carbonyl (C=O) groups excluding carboxylic acids is 3. The molecule has 0 heterocycles. The van der Waals surface area contributed by atoms with Gasteiger partial charge in [0, 0.05) is 0 Å². The summed E-state index contributed by atoms with van der Waals surface area (Å²) in [5.74, 6) is -2.46. The van der Waals surface area contributed by atoms with Gasteiger partial charge in [0.15, 0.2) is 0 Å². The number of esters is 3. The Kier molecular flexibility index (Phi) is 6.79. The van der Waals surface area contributed by atoms with Gasteiger partial charge in [-0.1, -0.05) is 0 Å². The van der Waals surface area contributed by atoms with Crippen molar-refractivity contribution in [1.82, 2.24) is 0 Å². The minimum atomic E-state index is -0.869. The zero-order chi connectivity index (χ0) is 17.7. The Morgan fingerprint density at radius 2 is 1.17 bits per heavy atom. The average molecular weight is 516 g/mol. The van der Waals surface area contributed by atoms with Crippen molar-refractivity contribution in [2.24, 2.45) is 0 Å². The Labute approximate surface area is 149 Å². The van der Waals surface area contributed by atoms with Crippen molar-refractivity contribution in [2.75, 3.05) is 28.4 Å². The van der Waals surface area contributed by atoms with Gasteiger partial charge in [0.05, 0.1) is 0 Å². The molecule has 1 rings (SSSR count). The molecular formula is C14H15O8Tl. The number of hydrogen-bond acceptors (Lipinski definition) is 8. The van der Waals surface area contributed by atoms with E-state index < -0.39 is 17.9 Å². The van der Waals surface area contributed by atoms with Crippen LogP contribution in [0.15, 0.2) is 33.8 Å². The first-order valence-corrected chi connectivity index (χ1v) is 8.08. The molecule has 0 aromatic rings. The molecule has 0 saturated carbocycles. The number of allylic oxidation sites excluding steroid dienone is 1. The summed E-state index contributed by atoms with van der Waals surface area (Å²) in [4.78, 5) is 36.4. The van der Waals surface area contributed by atoms with E-state index in [1.54, 1.807) is 6.92 Å². The molecule has 0 N–H and O–H groups in total. The molecule has 0 saturated heterocycles. The van der Waals surface area contributed by atoms with E-state index in [4.69, 9.17) is 16.9 Å². The van der Waals surface area contributed by atoms with E-state index >= 15 is 0 Å². The van der Waals surface area contributed by atoms with Gasteiger partial charge in [-0.25, -0.2) is 0 Å². The molecular weight excluding hydrogens is 501 g/mol. The third-order valence-corrected chi connectivity index (χ3v) is 4.00. The summed E-state index contributed by atoms with van der Waals surface area (Å²) < 4.78 is 24.5. The van der Waals surface area contributed by atoms with Gasteiger partial charge >= 0.3 is 149 Å². The predicted molar refractivity (Wildman–Crippen MR) is 76.6 cm³/mol. The molecule has 0 unspecified atom stereocenters. The monoisotopic (exact) mass is 516 g/mol. The summed E-state index contributed by atoms with van der Waals surface area (Å²) in [6, 6.07) is 0. The zero-order valence-electron chi connectivity index (χ0n) is 13.3. The van der Waals surface area contributed by atoms with Crippen molar-refractivity contribution in [2.45, 2.75) is 6.92 Å². The number of carbonyl (C=O) groups is 3. The van der Waals surface area contributed by atoms with Gasteiger partial charge in [0.2, 0.25) is 0 Å². The first-order valence-electron chi connectivity index (χ1n) is 6.25. The molecule has 0 radical (unpaired) electrons. The van der Waals surface area contributed by atoms with Gasteiger partial charge in [-0.05, 0) is 0 Å². The molecule has 122 valence electrons. The molecule has 0 aromatic carbocycles. The van der Waals surface area contributed by atoms with Crippen LogP contribution in [0.3, 0.4) is 0 Å². The van der Waals surface area contributed by atoms with Gasteiger partial charge in [0.25, 0.3) is 0 Å². The second-order valence-corrected chi connectivity index (χ2v) is 5.13. The van der Waals surface area contributed by atoms with Crippen molar-refractivity contribution in [3.63, 3.8) is 0 Å². The van der Waals surface area contributed by atoms with E-state index in [2.05, 4.69) is 4.74 Å². The number of ether oxygens (including phenoxy) is 4. The number of hydrogen-bond donors (Lipinski definition) is 0. The molecule has 0 atom stereocenters. The molecule has 0 spiro atoms. The van der Waals surface area contributed by atoms with Crippen LogP contribution in [-0.4, -0.2) is 72.6 Å². The molecule has 0 fully saturated rings. The second-order valence-electron chi connectivity index (χ2n) is 4.21. The first-order chi connectivity index (χ1) is 10.9. The Bertz CT molecular complexity index is 635. The summed E-state index contributed by atoms with van der Waals surface area (Å²) >= 11 is 0.0536. The second kappa shape index (κ2) is 8.13. The van der Waals surface area contributed by atoms with Crippen molar-refractivity contribution >= 4 is 44.1 Å². The third-order valence-electron chi connectivity index (χ3n) is 3.17. The van der Waals surface area contributed by atoms with Crippen LogP contribution in [0, 0.1) is 0 Å². The van der Waals surface area contributed by atoms with E-state index in [0.717, 1.165) is 14.2 Å². The van der Waals surface area contributed by atoms with Crippen molar-refractivity contribution in [1.29, 1.82) is 0 Å².